The third-order valence-corrected chi connectivity index (χ3v) is 3.50. The van der Waals surface area contributed by atoms with E-state index in [2.05, 4.69) is 15.5 Å². The standard InChI is InChI=1S/C10H16N4O3S/c1-17-5-4-11-8(15)6-18-10-13-12-9(16)14(10)7-2-3-7/h7H,2-6H2,1H3,(H,11,15)(H,12,16). The monoisotopic (exact) mass is 272 g/mol. The van der Waals surface area contributed by atoms with E-state index in [1.165, 1.54) is 11.8 Å². The van der Waals surface area contributed by atoms with Gasteiger partial charge in [-0.05, 0) is 12.8 Å². The van der Waals surface area contributed by atoms with Crippen LogP contribution in [-0.2, 0) is 9.53 Å². The molecule has 2 N–H and O–H groups in total. The minimum atomic E-state index is -0.195. The van der Waals surface area contributed by atoms with Crippen molar-refractivity contribution in [2.45, 2.75) is 24.0 Å². The van der Waals surface area contributed by atoms with Crippen LogP contribution in [0.15, 0.2) is 9.95 Å². The van der Waals surface area contributed by atoms with Crippen LogP contribution in [-0.4, -0.2) is 46.7 Å². The second-order valence-electron chi connectivity index (χ2n) is 4.04. The van der Waals surface area contributed by atoms with Crippen molar-refractivity contribution in [1.29, 1.82) is 0 Å². The highest BCUT2D eigenvalue weighted by Crippen LogP contribution is 2.35. The van der Waals surface area contributed by atoms with E-state index in [4.69, 9.17) is 4.74 Å². The zero-order chi connectivity index (χ0) is 13.0. The molecule has 8 heteroatoms. The molecule has 1 amide bonds. The quantitative estimate of drug-likeness (QED) is 0.528. The zero-order valence-corrected chi connectivity index (χ0v) is 11.0. The van der Waals surface area contributed by atoms with Gasteiger partial charge >= 0.3 is 5.69 Å². The van der Waals surface area contributed by atoms with Crippen LogP contribution < -0.4 is 11.0 Å². The summed E-state index contributed by atoms with van der Waals surface area (Å²) in [6.07, 6.45) is 2.01. The van der Waals surface area contributed by atoms with Crippen LogP contribution in [0.25, 0.3) is 0 Å². The molecule has 0 spiro atoms. The van der Waals surface area contributed by atoms with Gasteiger partial charge in [0.25, 0.3) is 0 Å². The maximum atomic E-state index is 11.5. The van der Waals surface area contributed by atoms with Crippen LogP contribution in [0, 0.1) is 0 Å². The lowest BCUT2D eigenvalue weighted by Crippen LogP contribution is -2.28. The van der Waals surface area contributed by atoms with E-state index in [9.17, 15) is 9.59 Å². The van der Waals surface area contributed by atoms with Crippen molar-refractivity contribution >= 4 is 17.7 Å². The molecule has 0 saturated heterocycles. The van der Waals surface area contributed by atoms with Gasteiger partial charge < -0.3 is 10.1 Å². The first-order chi connectivity index (χ1) is 8.72. The summed E-state index contributed by atoms with van der Waals surface area (Å²) in [5.41, 5.74) is -0.195. The minimum Gasteiger partial charge on any atom is -0.383 e. The van der Waals surface area contributed by atoms with Crippen molar-refractivity contribution < 1.29 is 9.53 Å². The van der Waals surface area contributed by atoms with Gasteiger partial charge in [0, 0.05) is 19.7 Å². The topological polar surface area (TPSA) is 89.0 Å². The number of carbonyl (C=O) groups excluding carboxylic acids is 1. The van der Waals surface area contributed by atoms with E-state index < -0.39 is 0 Å². The van der Waals surface area contributed by atoms with Crippen molar-refractivity contribution in [3.63, 3.8) is 0 Å². The van der Waals surface area contributed by atoms with E-state index in [1.807, 2.05) is 0 Å². The Kier molecular flexibility index (Phi) is 4.43. The number of nitrogens with zero attached hydrogens (tertiary/aromatic N) is 2. The van der Waals surface area contributed by atoms with Gasteiger partial charge in [0.1, 0.15) is 0 Å². The van der Waals surface area contributed by atoms with Crippen LogP contribution in [0.4, 0.5) is 0 Å². The summed E-state index contributed by atoms with van der Waals surface area (Å²) in [5.74, 6) is 0.163. The van der Waals surface area contributed by atoms with Gasteiger partial charge in [-0.2, -0.15) is 0 Å². The van der Waals surface area contributed by atoms with Gasteiger partial charge in [0.15, 0.2) is 5.16 Å². The highest BCUT2D eigenvalue weighted by molar-refractivity contribution is 7.99. The summed E-state index contributed by atoms with van der Waals surface area (Å²) in [6.45, 7) is 0.984. The Bertz CT molecular complexity index is 466. The number of hydrogen-bond donors (Lipinski definition) is 2. The normalized spacial score (nSPS) is 14.7. The lowest BCUT2D eigenvalue weighted by atomic mass is 10.6. The second kappa shape index (κ2) is 6.05. The maximum absolute atomic E-state index is 11.5. The van der Waals surface area contributed by atoms with E-state index >= 15 is 0 Å². The van der Waals surface area contributed by atoms with Gasteiger partial charge in [-0.1, -0.05) is 11.8 Å². The Balaban J connectivity index is 1.83. The highest BCUT2D eigenvalue weighted by Gasteiger charge is 2.28. The lowest BCUT2D eigenvalue weighted by Gasteiger charge is -2.04. The highest BCUT2D eigenvalue weighted by atomic mass is 32.2. The van der Waals surface area contributed by atoms with Crippen molar-refractivity contribution in [3.8, 4) is 0 Å². The molecule has 1 aliphatic carbocycles. The molecular weight excluding hydrogens is 256 g/mol. The Morgan fingerprint density at radius 1 is 1.67 bits per heavy atom. The molecule has 1 heterocycles. The number of aromatic amines is 1. The minimum absolute atomic E-state index is 0.0881. The van der Waals surface area contributed by atoms with Crippen LogP contribution in [0.5, 0.6) is 0 Å². The molecule has 0 unspecified atom stereocenters. The molecule has 1 aromatic rings. The number of nitrogens with one attached hydrogen (secondary N) is 2. The van der Waals surface area contributed by atoms with E-state index in [0.29, 0.717) is 18.3 Å². The summed E-state index contributed by atoms with van der Waals surface area (Å²) in [5, 5.41) is 9.65. The molecule has 0 atom stereocenters. The molecule has 1 fully saturated rings. The molecule has 1 aliphatic rings. The summed E-state index contributed by atoms with van der Waals surface area (Å²) in [7, 11) is 1.58. The van der Waals surface area contributed by atoms with Crippen molar-refractivity contribution in [1.82, 2.24) is 20.1 Å². The van der Waals surface area contributed by atoms with Gasteiger partial charge in [0.2, 0.25) is 5.91 Å². The van der Waals surface area contributed by atoms with E-state index in [-0.39, 0.29) is 23.4 Å². The summed E-state index contributed by atoms with van der Waals surface area (Å²) >= 11 is 1.27. The molecule has 0 radical (unpaired) electrons. The van der Waals surface area contributed by atoms with Gasteiger partial charge in [-0.25, -0.2) is 9.89 Å². The number of aromatic nitrogens is 3. The third-order valence-electron chi connectivity index (χ3n) is 2.54. The predicted octanol–water partition coefficient (Wildman–Crippen LogP) is -0.239. The van der Waals surface area contributed by atoms with Gasteiger partial charge in [-0.3, -0.25) is 9.36 Å². The Morgan fingerprint density at radius 2 is 2.44 bits per heavy atom. The number of hydrogen-bond acceptors (Lipinski definition) is 5. The largest absolute Gasteiger partial charge is 0.383 e. The number of carbonyl (C=O) groups is 1. The van der Waals surface area contributed by atoms with Crippen molar-refractivity contribution in [2.75, 3.05) is 26.0 Å². The SMILES string of the molecule is COCCNC(=O)CSc1n[nH]c(=O)n1C1CC1. The summed E-state index contributed by atoms with van der Waals surface area (Å²) in [6, 6.07) is 0.260. The van der Waals surface area contributed by atoms with E-state index in [1.54, 1.807) is 11.7 Å². The molecule has 0 aromatic carbocycles. The molecule has 2 rings (SSSR count). The molecule has 1 aromatic heterocycles. The van der Waals surface area contributed by atoms with Gasteiger partial charge in [0.05, 0.1) is 12.4 Å². The lowest BCUT2D eigenvalue weighted by molar-refractivity contribution is -0.118. The molecular formula is C10H16N4O3S. The zero-order valence-electron chi connectivity index (χ0n) is 10.1. The Morgan fingerprint density at radius 3 is 3.11 bits per heavy atom. The first-order valence-corrected chi connectivity index (χ1v) is 6.76. The average molecular weight is 272 g/mol. The summed E-state index contributed by atoms with van der Waals surface area (Å²) < 4.78 is 6.46. The fraction of sp³-hybridized carbons (Fsp3) is 0.700. The van der Waals surface area contributed by atoms with E-state index in [0.717, 1.165) is 12.8 Å². The van der Waals surface area contributed by atoms with Crippen LogP contribution >= 0.6 is 11.8 Å². The smallest absolute Gasteiger partial charge is 0.344 e. The molecule has 0 aliphatic heterocycles. The first-order valence-electron chi connectivity index (χ1n) is 5.77. The number of methoxy groups -OCH3 is 1. The first kappa shape index (κ1) is 13.2. The summed E-state index contributed by atoms with van der Waals surface area (Å²) in [4.78, 5) is 23.0. The fourth-order valence-corrected chi connectivity index (χ4v) is 2.36. The molecule has 18 heavy (non-hydrogen) atoms. The Hall–Kier alpha value is -1.28. The molecule has 100 valence electrons. The molecule has 0 bridgehead atoms. The fourth-order valence-electron chi connectivity index (χ4n) is 1.52. The van der Waals surface area contributed by atoms with Crippen LogP contribution in [0.3, 0.4) is 0 Å². The van der Waals surface area contributed by atoms with Crippen LogP contribution in [0.2, 0.25) is 0 Å². The number of amides is 1. The average Bonchev–Trinajstić information content (AvgIpc) is 3.11. The molecule has 1 saturated carbocycles. The molecule has 7 nitrogen and oxygen atoms in total. The number of thioether (sulfide) groups is 1. The van der Waals surface area contributed by atoms with Crippen LogP contribution in [0.1, 0.15) is 18.9 Å². The van der Waals surface area contributed by atoms with Gasteiger partial charge in [-0.15, -0.1) is 5.10 Å². The van der Waals surface area contributed by atoms with Crippen molar-refractivity contribution in [2.24, 2.45) is 0 Å². The third kappa shape index (κ3) is 3.36. The number of H-pyrrole nitrogens is 1. The predicted molar refractivity (Wildman–Crippen MR) is 66.7 cm³/mol. The Labute approximate surface area is 108 Å². The number of rotatable bonds is 7. The maximum Gasteiger partial charge on any atom is 0.344 e. The van der Waals surface area contributed by atoms with Crippen molar-refractivity contribution in [3.05, 3.63) is 10.5 Å². The second-order valence-corrected chi connectivity index (χ2v) is 4.99. The number of ether oxygens (including phenoxy) is 1.